The van der Waals surface area contributed by atoms with Crippen LogP contribution in [0.4, 0.5) is 0 Å². The van der Waals surface area contributed by atoms with Crippen molar-refractivity contribution in [3.05, 3.63) is 65.0 Å². The van der Waals surface area contributed by atoms with Crippen LogP contribution in [0.5, 0.6) is 0 Å². The predicted molar refractivity (Wildman–Crippen MR) is 86.4 cm³/mol. The van der Waals surface area contributed by atoms with Gasteiger partial charge in [-0.1, -0.05) is 18.1 Å². The first kappa shape index (κ1) is 14.3. The van der Waals surface area contributed by atoms with Crippen LogP contribution < -0.4 is 0 Å². The topological polar surface area (TPSA) is 33.2 Å². The first-order valence-corrected chi connectivity index (χ1v) is 7.50. The molecule has 0 N–H and O–H groups in total. The molecule has 1 aliphatic heterocycles. The molecule has 1 amide bonds. The fourth-order valence-corrected chi connectivity index (χ4v) is 3.02. The average molecular weight is 290 g/mol. The van der Waals surface area contributed by atoms with Gasteiger partial charge < -0.3 is 4.90 Å². The molecule has 0 spiro atoms. The van der Waals surface area contributed by atoms with Gasteiger partial charge >= 0.3 is 0 Å². The first-order chi connectivity index (χ1) is 10.7. The van der Waals surface area contributed by atoms with E-state index in [-0.39, 0.29) is 11.9 Å². The number of aromatic nitrogens is 1. The van der Waals surface area contributed by atoms with Crippen molar-refractivity contribution in [3.8, 4) is 12.3 Å². The molecule has 1 aromatic carbocycles. The van der Waals surface area contributed by atoms with Crippen LogP contribution in [0.3, 0.4) is 0 Å². The normalized spacial score (nSPS) is 17.3. The second-order valence-corrected chi connectivity index (χ2v) is 5.56. The predicted octanol–water partition coefficient (Wildman–Crippen LogP) is 3.35. The molecule has 3 rings (SSSR count). The molecular formula is C19H18N2O. The van der Waals surface area contributed by atoms with Crippen molar-refractivity contribution in [2.45, 2.75) is 25.8 Å². The van der Waals surface area contributed by atoms with Gasteiger partial charge in [-0.25, -0.2) is 0 Å². The number of carbonyl (C=O) groups is 1. The Bertz CT molecular complexity index is 728. The SMILES string of the molecule is C#Cc1ccc(C2CCCN2C(=O)c2cccnc2C)cc1. The van der Waals surface area contributed by atoms with Gasteiger partial charge in [0.1, 0.15) is 0 Å². The number of carbonyl (C=O) groups excluding carboxylic acids is 1. The third kappa shape index (κ3) is 2.60. The number of likely N-dealkylation sites (tertiary alicyclic amines) is 1. The van der Waals surface area contributed by atoms with Gasteiger partial charge in [0.05, 0.1) is 11.6 Å². The van der Waals surface area contributed by atoms with Crippen LogP contribution in [-0.2, 0) is 0 Å². The Morgan fingerprint density at radius 1 is 1.32 bits per heavy atom. The molecule has 0 radical (unpaired) electrons. The number of nitrogens with zero attached hydrogens (tertiary/aromatic N) is 2. The molecule has 0 aliphatic carbocycles. The zero-order valence-corrected chi connectivity index (χ0v) is 12.6. The first-order valence-electron chi connectivity index (χ1n) is 7.50. The van der Waals surface area contributed by atoms with E-state index < -0.39 is 0 Å². The minimum absolute atomic E-state index is 0.0640. The van der Waals surface area contributed by atoms with Crippen molar-refractivity contribution in [3.63, 3.8) is 0 Å². The highest BCUT2D eigenvalue weighted by Gasteiger charge is 2.31. The standard InChI is InChI=1S/C19H18N2O/c1-3-15-8-10-16(11-9-15)18-7-5-13-21(18)19(22)17-6-4-12-20-14(17)2/h1,4,6,8-12,18H,5,7,13H2,2H3. The van der Waals surface area contributed by atoms with Crippen molar-refractivity contribution in [2.24, 2.45) is 0 Å². The molecule has 1 aliphatic rings. The van der Waals surface area contributed by atoms with Crippen LogP contribution in [-0.4, -0.2) is 22.3 Å². The minimum Gasteiger partial charge on any atom is -0.332 e. The highest BCUT2D eigenvalue weighted by molar-refractivity contribution is 5.95. The summed E-state index contributed by atoms with van der Waals surface area (Å²) in [6.45, 7) is 2.66. The zero-order chi connectivity index (χ0) is 15.5. The van der Waals surface area contributed by atoms with Crippen molar-refractivity contribution >= 4 is 5.91 Å². The summed E-state index contributed by atoms with van der Waals surface area (Å²) < 4.78 is 0. The molecule has 1 aromatic heterocycles. The number of hydrogen-bond donors (Lipinski definition) is 0. The summed E-state index contributed by atoms with van der Waals surface area (Å²) in [5.41, 5.74) is 3.48. The van der Waals surface area contributed by atoms with E-state index in [0.29, 0.717) is 5.56 Å². The lowest BCUT2D eigenvalue weighted by molar-refractivity contribution is 0.0734. The van der Waals surface area contributed by atoms with E-state index in [9.17, 15) is 4.79 Å². The number of aryl methyl sites for hydroxylation is 1. The van der Waals surface area contributed by atoms with Gasteiger partial charge in [0.25, 0.3) is 5.91 Å². The smallest absolute Gasteiger partial charge is 0.256 e. The lowest BCUT2D eigenvalue weighted by atomic mass is 10.0. The van der Waals surface area contributed by atoms with Gasteiger partial charge in [-0.2, -0.15) is 0 Å². The molecule has 1 atom stereocenters. The van der Waals surface area contributed by atoms with E-state index in [1.54, 1.807) is 6.20 Å². The maximum Gasteiger partial charge on any atom is 0.256 e. The summed E-state index contributed by atoms with van der Waals surface area (Å²) in [6.07, 6.45) is 9.12. The Morgan fingerprint density at radius 2 is 2.09 bits per heavy atom. The fraction of sp³-hybridized carbons (Fsp3) is 0.263. The van der Waals surface area contributed by atoms with Gasteiger partial charge in [0, 0.05) is 24.0 Å². The van der Waals surface area contributed by atoms with Crippen molar-refractivity contribution in [2.75, 3.05) is 6.54 Å². The molecule has 2 aromatic rings. The number of hydrogen-bond acceptors (Lipinski definition) is 2. The number of rotatable bonds is 2. The molecular weight excluding hydrogens is 272 g/mol. The molecule has 0 saturated carbocycles. The van der Waals surface area contributed by atoms with Crippen LogP contribution in [0.15, 0.2) is 42.6 Å². The number of pyridine rings is 1. The van der Waals surface area contributed by atoms with E-state index in [1.807, 2.05) is 48.2 Å². The van der Waals surface area contributed by atoms with E-state index in [2.05, 4.69) is 10.9 Å². The molecule has 0 bridgehead atoms. The summed E-state index contributed by atoms with van der Waals surface area (Å²) in [5.74, 6) is 2.69. The molecule has 2 heterocycles. The Kier molecular flexibility index (Phi) is 3.93. The van der Waals surface area contributed by atoms with Gasteiger partial charge in [-0.05, 0) is 49.6 Å². The number of terminal acetylenes is 1. The molecule has 1 unspecified atom stereocenters. The van der Waals surface area contributed by atoms with Crippen molar-refractivity contribution in [1.29, 1.82) is 0 Å². The Hall–Kier alpha value is -2.60. The highest BCUT2D eigenvalue weighted by atomic mass is 16.2. The third-order valence-corrected chi connectivity index (χ3v) is 4.21. The van der Waals surface area contributed by atoms with Crippen LogP contribution in [0.2, 0.25) is 0 Å². The van der Waals surface area contributed by atoms with Gasteiger partial charge in [0.2, 0.25) is 0 Å². The summed E-state index contributed by atoms with van der Waals surface area (Å²) >= 11 is 0. The van der Waals surface area contributed by atoms with Crippen LogP contribution >= 0.6 is 0 Å². The number of amides is 1. The Labute approximate surface area is 131 Å². The molecule has 22 heavy (non-hydrogen) atoms. The summed E-state index contributed by atoms with van der Waals surface area (Å²) in [6, 6.07) is 11.7. The molecule has 110 valence electrons. The van der Waals surface area contributed by atoms with E-state index >= 15 is 0 Å². The molecule has 1 saturated heterocycles. The van der Waals surface area contributed by atoms with Gasteiger partial charge in [0.15, 0.2) is 0 Å². The number of benzene rings is 1. The maximum atomic E-state index is 12.8. The lowest BCUT2D eigenvalue weighted by Crippen LogP contribution is -2.31. The van der Waals surface area contributed by atoms with Crippen molar-refractivity contribution in [1.82, 2.24) is 9.88 Å². The Morgan fingerprint density at radius 3 is 2.77 bits per heavy atom. The summed E-state index contributed by atoms with van der Waals surface area (Å²) in [4.78, 5) is 19.0. The maximum absolute atomic E-state index is 12.8. The van der Waals surface area contributed by atoms with E-state index in [4.69, 9.17) is 6.42 Å². The second kappa shape index (κ2) is 6.03. The molecule has 1 fully saturated rings. The fourth-order valence-electron chi connectivity index (χ4n) is 3.02. The molecule has 3 heteroatoms. The van der Waals surface area contributed by atoms with Gasteiger partial charge in [-0.15, -0.1) is 6.42 Å². The van der Waals surface area contributed by atoms with E-state index in [1.165, 1.54) is 0 Å². The van der Waals surface area contributed by atoms with Crippen LogP contribution in [0.1, 0.15) is 46.1 Å². The van der Waals surface area contributed by atoms with Crippen LogP contribution in [0, 0.1) is 19.3 Å². The second-order valence-electron chi connectivity index (χ2n) is 5.56. The molecule has 3 nitrogen and oxygen atoms in total. The van der Waals surface area contributed by atoms with Gasteiger partial charge in [-0.3, -0.25) is 9.78 Å². The Balaban J connectivity index is 1.88. The largest absolute Gasteiger partial charge is 0.332 e. The average Bonchev–Trinajstić information content (AvgIpc) is 3.04. The zero-order valence-electron chi connectivity index (χ0n) is 12.6. The van der Waals surface area contributed by atoms with E-state index in [0.717, 1.165) is 36.2 Å². The monoisotopic (exact) mass is 290 g/mol. The highest BCUT2D eigenvalue weighted by Crippen LogP contribution is 2.33. The quantitative estimate of drug-likeness (QED) is 0.795. The summed E-state index contributed by atoms with van der Waals surface area (Å²) in [5, 5.41) is 0. The van der Waals surface area contributed by atoms with Crippen LogP contribution in [0.25, 0.3) is 0 Å². The minimum atomic E-state index is 0.0640. The lowest BCUT2D eigenvalue weighted by Gasteiger charge is -2.25. The van der Waals surface area contributed by atoms with Crippen molar-refractivity contribution < 1.29 is 4.79 Å². The summed E-state index contributed by atoms with van der Waals surface area (Å²) in [7, 11) is 0. The third-order valence-electron chi connectivity index (χ3n) is 4.21.